The maximum Gasteiger partial charge on any atom is 0.255 e. The second kappa shape index (κ2) is 7.81. The molecule has 0 saturated heterocycles. The molecule has 0 radical (unpaired) electrons. The third-order valence-corrected chi connectivity index (χ3v) is 4.02. The van der Waals surface area contributed by atoms with Crippen molar-refractivity contribution in [2.45, 2.75) is 6.92 Å². The van der Waals surface area contributed by atoms with Gasteiger partial charge in [0.25, 0.3) is 5.56 Å². The minimum absolute atomic E-state index is 0.0507. The molecule has 128 valence electrons. The highest BCUT2D eigenvalue weighted by atomic mass is 16.5. The molecule has 0 saturated carbocycles. The van der Waals surface area contributed by atoms with Gasteiger partial charge >= 0.3 is 0 Å². The highest BCUT2D eigenvalue weighted by Crippen LogP contribution is 2.23. The van der Waals surface area contributed by atoms with Crippen molar-refractivity contribution in [1.82, 2.24) is 4.57 Å². The number of rotatable bonds is 6. The molecule has 3 rings (SSSR count). The van der Waals surface area contributed by atoms with Crippen LogP contribution in [-0.4, -0.2) is 24.9 Å². The Morgan fingerprint density at radius 3 is 2.36 bits per heavy atom. The number of ether oxygens (including phenoxy) is 2. The van der Waals surface area contributed by atoms with Gasteiger partial charge in [-0.2, -0.15) is 0 Å². The monoisotopic (exact) mass is 335 g/mol. The maximum absolute atomic E-state index is 12.4. The first-order chi connectivity index (χ1) is 12.2. The summed E-state index contributed by atoms with van der Waals surface area (Å²) < 4.78 is 12.2. The van der Waals surface area contributed by atoms with Crippen LogP contribution in [0, 0.1) is 6.92 Å². The Labute approximate surface area is 147 Å². The van der Waals surface area contributed by atoms with Crippen LogP contribution in [-0.2, 0) is 4.74 Å². The van der Waals surface area contributed by atoms with Gasteiger partial charge in [-0.05, 0) is 42.3 Å². The lowest BCUT2D eigenvalue weighted by molar-refractivity contribution is 0.146. The Kier molecular flexibility index (Phi) is 5.31. The first-order valence-corrected chi connectivity index (χ1v) is 8.20. The maximum atomic E-state index is 12.4. The molecule has 0 spiro atoms. The van der Waals surface area contributed by atoms with Crippen LogP contribution < -0.4 is 10.3 Å². The lowest BCUT2D eigenvalue weighted by Crippen LogP contribution is -2.17. The highest BCUT2D eigenvalue weighted by molar-refractivity contribution is 5.66. The van der Waals surface area contributed by atoms with Crippen molar-refractivity contribution in [2.24, 2.45) is 0 Å². The number of aromatic nitrogens is 1. The Bertz CT molecular complexity index is 883. The third kappa shape index (κ3) is 3.98. The van der Waals surface area contributed by atoms with E-state index in [0.29, 0.717) is 13.2 Å². The Morgan fingerprint density at radius 2 is 1.68 bits per heavy atom. The molecule has 0 atom stereocenters. The lowest BCUT2D eigenvalue weighted by atomic mass is 10.0. The Morgan fingerprint density at radius 1 is 0.960 bits per heavy atom. The highest BCUT2D eigenvalue weighted by Gasteiger charge is 2.07. The molecule has 0 N–H and O–H groups in total. The van der Waals surface area contributed by atoms with Gasteiger partial charge in [0.05, 0.1) is 6.61 Å². The SMILES string of the molecule is COCCOc1ccc(-n2cc(-c3ccccc3)c(C)cc2=O)cc1. The topological polar surface area (TPSA) is 40.5 Å². The van der Waals surface area contributed by atoms with Crippen LogP contribution in [0.25, 0.3) is 16.8 Å². The summed E-state index contributed by atoms with van der Waals surface area (Å²) in [5.74, 6) is 0.754. The summed E-state index contributed by atoms with van der Waals surface area (Å²) in [4.78, 5) is 12.4. The van der Waals surface area contributed by atoms with Crippen molar-refractivity contribution >= 4 is 0 Å². The Balaban J connectivity index is 1.93. The van der Waals surface area contributed by atoms with E-state index >= 15 is 0 Å². The van der Waals surface area contributed by atoms with E-state index in [4.69, 9.17) is 9.47 Å². The molecule has 0 aliphatic heterocycles. The van der Waals surface area contributed by atoms with Crippen molar-refractivity contribution in [3.05, 3.63) is 82.8 Å². The summed E-state index contributed by atoms with van der Waals surface area (Å²) in [6.07, 6.45) is 1.90. The van der Waals surface area contributed by atoms with E-state index in [9.17, 15) is 4.79 Å². The fraction of sp³-hybridized carbons (Fsp3) is 0.190. The number of methoxy groups -OCH3 is 1. The molecule has 4 nitrogen and oxygen atoms in total. The van der Waals surface area contributed by atoms with Gasteiger partial charge in [-0.1, -0.05) is 30.3 Å². The molecular weight excluding hydrogens is 314 g/mol. The van der Waals surface area contributed by atoms with Gasteiger partial charge in [0, 0.05) is 30.6 Å². The van der Waals surface area contributed by atoms with Crippen LogP contribution in [0.4, 0.5) is 0 Å². The second-order valence-electron chi connectivity index (χ2n) is 5.78. The summed E-state index contributed by atoms with van der Waals surface area (Å²) in [5, 5.41) is 0. The largest absolute Gasteiger partial charge is 0.491 e. The van der Waals surface area contributed by atoms with Crippen LogP contribution in [0.15, 0.2) is 71.7 Å². The average molecular weight is 335 g/mol. The predicted octanol–water partition coefficient (Wildman–Crippen LogP) is 3.84. The molecule has 1 heterocycles. The van der Waals surface area contributed by atoms with Gasteiger partial charge in [-0.3, -0.25) is 9.36 Å². The summed E-state index contributed by atoms with van der Waals surface area (Å²) >= 11 is 0. The second-order valence-corrected chi connectivity index (χ2v) is 5.78. The zero-order valence-corrected chi connectivity index (χ0v) is 14.4. The van der Waals surface area contributed by atoms with Gasteiger partial charge < -0.3 is 9.47 Å². The molecule has 0 aliphatic carbocycles. The standard InChI is InChI=1S/C21H21NO3/c1-16-14-21(23)22(15-20(16)17-6-4-3-5-7-17)18-8-10-19(11-9-18)25-13-12-24-2/h3-11,14-15H,12-13H2,1-2H3. The van der Waals surface area contributed by atoms with E-state index in [0.717, 1.165) is 28.1 Å². The fourth-order valence-corrected chi connectivity index (χ4v) is 2.69. The zero-order valence-electron chi connectivity index (χ0n) is 14.4. The molecule has 2 aromatic carbocycles. The third-order valence-electron chi connectivity index (χ3n) is 4.02. The van der Waals surface area contributed by atoms with Crippen molar-refractivity contribution in [3.8, 4) is 22.6 Å². The quantitative estimate of drug-likeness (QED) is 0.643. The molecule has 0 unspecified atom stereocenters. The van der Waals surface area contributed by atoms with Crippen LogP contribution in [0.5, 0.6) is 5.75 Å². The number of benzene rings is 2. The van der Waals surface area contributed by atoms with Crippen LogP contribution >= 0.6 is 0 Å². The molecule has 4 heteroatoms. The minimum Gasteiger partial charge on any atom is -0.491 e. The molecule has 0 aliphatic rings. The van der Waals surface area contributed by atoms with Crippen LogP contribution in [0.2, 0.25) is 0 Å². The molecule has 1 aromatic heterocycles. The van der Waals surface area contributed by atoms with Gasteiger partial charge in [-0.15, -0.1) is 0 Å². The number of hydrogen-bond donors (Lipinski definition) is 0. The molecule has 0 fully saturated rings. The predicted molar refractivity (Wildman–Crippen MR) is 99.6 cm³/mol. The van der Waals surface area contributed by atoms with Crippen molar-refractivity contribution in [1.29, 1.82) is 0 Å². The van der Waals surface area contributed by atoms with E-state index in [1.165, 1.54) is 0 Å². The van der Waals surface area contributed by atoms with Gasteiger partial charge in [0.1, 0.15) is 12.4 Å². The molecule has 0 amide bonds. The first kappa shape index (κ1) is 17.0. The van der Waals surface area contributed by atoms with Gasteiger partial charge in [-0.25, -0.2) is 0 Å². The number of nitrogens with zero attached hydrogens (tertiary/aromatic N) is 1. The van der Waals surface area contributed by atoms with E-state index < -0.39 is 0 Å². The van der Waals surface area contributed by atoms with E-state index in [-0.39, 0.29) is 5.56 Å². The molecule has 3 aromatic rings. The average Bonchev–Trinajstić information content (AvgIpc) is 2.64. The smallest absolute Gasteiger partial charge is 0.255 e. The van der Waals surface area contributed by atoms with Gasteiger partial charge in [0.2, 0.25) is 0 Å². The van der Waals surface area contributed by atoms with Crippen molar-refractivity contribution in [3.63, 3.8) is 0 Å². The van der Waals surface area contributed by atoms with Crippen molar-refractivity contribution in [2.75, 3.05) is 20.3 Å². The zero-order chi connectivity index (χ0) is 17.6. The van der Waals surface area contributed by atoms with E-state index in [1.807, 2.05) is 67.7 Å². The van der Waals surface area contributed by atoms with Gasteiger partial charge in [0.15, 0.2) is 0 Å². The number of pyridine rings is 1. The van der Waals surface area contributed by atoms with Crippen molar-refractivity contribution < 1.29 is 9.47 Å². The summed E-state index contributed by atoms with van der Waals surface area (Å²) in [5.41, 5.74) is 3.85. The molecule has 25 heavy (non-hydrogen) atoms. The van der Waals surface area contributed by atoms with E-state index in [1.54, 1.807) is 17.7 Å². The lowest BCUT2D eigenvalue weighted by Gasteiger charge is -2.12. The normalized spacial score (nSPS) is 10.6. The summed E-state index contributed by atoms with van der Waals surface area (Å²) in [7, 11) is 1.64. The van der Waals surface area contributed by atoms with E-state index in [2.05, 4.69) is 0 Å². The van der Waals surface area contributed by atoms with Crippen LogP contribution in [0.1, 0.15) is 5.56 Å². The summed E-state index contributed by atoms with van der Waals surface area (Å²) in [6.45, 7) is 3.00. The fourth-order valence-electron chi connectivity index (χ4n) is 2.69. The first-order valence-electron chi connectivity index (χ1n) is 8.20. The summed E-state index contributed by atoms with van der Waals surface area (Å²) in [6, 6.07) is 19.2. The van der Waals surface area contributed by atoms with Crippen LogP contribution in [0.3, 0.4) is 0 Å². The number of aryl methyl sites for hydroxylation is 1. The minimum atomic E-state index is -0.0507. The molecular formula is C21H21NO3. The number of hydrogen-bond acceptors (Lipinski definition) is 3. The molecule has 0 bridgehead atoms. The Hall–Kier alpha value is -2.85.